The number of hydrogen-bond acceptors (Lipinski definition) is 2. The van der Waals surface area contributed by atoms with Gasteiger partial charge in [-0.05, 0) is 37.0 Å². The Morgan fingerprint density at radius 1 is 1.21 bits per heavy atom. The van der Waals surface area contributed by atoms with Gasteiger partial charge < -0.3 is 15.3 Å². The number of rotatable bonds is 2. The van der Waals surface area contributed by atoms with Crippen LogP contribution in [0.3, 0.4) is 0 Å². The molecule has 1 heterocycles. The van der Waals surface area contributed by atoms with Crippen LogP contribution < -0.4 is 5.32 Å². The Morgan fingerprint density at radius 3 is 2.53 bits per heavy atom. The maximum absolute atomic E-state index is 12.2. The minimum absolute atomic E-state index is 0.0243. The molecular formula is C15H26N2O2. The fraction of sp³-hybridized carbons (Fsp3) is 0.933. The minimum atomic E-state index is -0.567. The lowest BCUT2D eigenvalue weighted by atomic mass is 9.78. The molecule has 3 atom stereocenters. The standard InChI is InChI=1S/C15H26N2O2/c1-10-4-3-5-13(11(10)2)16-14(18)17-8-15(19,9-17)12-6-7-12/h10-13,19H,3-9H2,1-2H3,(H,16,18)/t10-,11+,13-/m1/s1. The molecule has 0 aromatic heterocycles. The van der Waals surface area contributed by atoms with Gasteiger partial charge in [-0.1, -0.05) is 26.7 Å². The van der Waals surface area contributed by atoms with Crippen molar-refractivity contribution in [1.29, 1.82) is 0 Å². The van der Waals surface area contributed by atoms with Crippen LogP contribution >= 0.6 is 0 Å². The van der Waals surface area contributed by atoms with Crippen molar-refractivity contribution in [2.75, 3.05) is 13.1 Å². The SMILES string of the molecule is C[C@H]1[C@H](C)CCC[C@H]1NC(=O)N1CC(O)(C2CC2)C1. The van der Waals surface area contributed by atoms with E-state index in [2.05, 4.69) is 19.2 Å². The molecule has 3 fully saturated rings. The average molecular weight is 266 g/mol. The van der Waals surface area contributed by atoms with Crippen molar-refractivity contribution in [1.82, 2.24) is 10.2 Å². The van der Waals surface area contributed by atoms with Crippen molar-refractivity contribution in [3.63, 3.8) is 0 Å². The van der Waals surface area contributed by atoms with Crippen molar-refractivity contribution in [2.45, 2.75) is 57.6 Å². The molecule has 4 nitrogen and oxygen atoms in total. The summed E-state index contributed by atoms with van der Waals surface area (Å²) in [5.74, 6) is 1.70. The van der Waals surface area contributed by atoms with E-state index in [1.807, 2.05) is 0 Å². The number of likely N-dealkylation sites (tertiary alicyclic amines) is 1. The Hall–Kier alpha value is -0.770. The van der Waals surface area contributed by atoms with Crippen molar-refractivity contribution in [2.24, 2.45) is 17.8 Å². The quantitative estimate of drug-likeness (QED) is 0.803. The van der Waals surface area contributed by atoms with Crippen LogP contribution in [-0.4, -0.2) is 40.8 Å². The normalized spacial score (nSPS) is 37.6. The van der Waals surface area contributed by atoms with Gasteiger partial charge in [0.25, 0.3) is 0 Å². The Bertz CT molecular complexity index is 361. The molecule has 3 aliphatic rings. The zero-order valence-corrected chi connectivity index (χ0v) is 12.1. The monoisotopic (exact) mass is 266 g/mol. The first kappa shape index (κ1) is 13.2. The van der Waals surface area contributed by atoms with E-state index in [1.165, 1.54) is 12.8 Å². The second-order valence-corrected chi connectivity index (χ2v) is 7.06. The van der Waals surface area contributed by atoms with Gasteiger partial charge in [-0.3, -0.25) is 0 Å². The van der Waals surface area contributed by atoms with Crippen molar-refractivity contribution in [3.8, 4) is 0 Å². The molecule has 108 valence electrons. The fourth-order valence-electron chi connectivity index (χ4n) is 3.67. The van der Waals surface area contributed by atoms with Crippen molar-refractivity contribution >= 4 is 6.03 Å². The molecule has 1 saturated heterocycles. The van der Waals surface area contributed by atoms with E-state index in [0.29, 0.717) is 36.9 Å². The van der Waals surface area contributed by atoms with Gasteiger partial charge >= 0.3 is 6.03 Å². The molecule has 0 radical (unpaired) electrons. The van der Waals surface area contributed by atoms with E-state index in [4.69, 9.17) is 0 Å². The number of carbonyl (C=O) groups is 1. The lowest BCUT2D eigenvalue weighted by Gasteiger charge is -2.47. The first-order valence-electron chi connectivity index (χ1n) is 7.77. The highest BCUT2D eigenvalue weighted by Crippen LogP contribution is 2.44. The molecule has 0 unspecified atom stereocenters. The third kappa shape index (κ3) is 2.47. The topological polar surface area (TPSA) is 52.6 Å². The molecule has 2 N–H and O–H groups in total. The number of nitrogens with one attached hydrogen (secondary N) is 1. The molecule has 2 amide bonds. The summed E-state index contributed by atoms with van der Waals surface area (Å²) in [6, 6.07) is 0.335. The predicted octanol–water partition coefficient (Wildman–Crippen LogP) is 1.98. The zero-order chi connectivity index (χ0) is 13.6. The van der Waals surface area contributed by atoms with Crippen LogP contribution in [0, 0.1) is 17.8 Å². The van der Waals surface area contributed by atoms with E-state index in [0.717, 1.165) is 19.3 Å². The second-order valence-electron chi connectivity index (χ2n) is 7.06. The predicted molar refractivity (Wildman–Crippen MR) is 73.7 cm³/mol. The van der Waals surface area contributed by atoms with E-state index < -0.39 is 5.60 Å². The lowest BCUT2D eigenvalue weighted by Crippen LogP contribution is -2.67. The third-order valence-corrected chi connectivity index (χ3v) is 5.57. The van der Waals surface area contributed by atoms with E-state index in [-0.39, 0.29) is 6.03 Å². The molecule has 19 heavy (non-hydrogen) atoms. The number of urea groups is 1. The van der Waals surface area contributed by atoms with Gasteiger partial charge in [-0.25, -0.2) is 4.79 Å². The van der Waals surface area contributed by atoms with Gasteiger partial charge in [-0.15, -0.1) is 0 Å². The molecule has 1 aliphatic heterocycles. The molecule has 4 heteroatoms. The van der Waals surface area contributed by atoms with Crippen LogP contribution in [-0.2, 0) is 0 Å². The summed E-state index contributed by atoms with van der Waals surface area (Å²) in [5, 5.41) is 13.4. The average Bonchev–Trinajstić information content (AvgIpc) is 3.15. The number of nitrogens with zero attached hydrogens (tertiary/aromatic N) is 1. The van der Waals surface area contributed by atoms with Crippen LogP contribution in [0.5, 0.6) is 0 Å². The number of β-amino-alcohol motifs (C(OH)–C–C–N with tert-alkyl or cyclic N) is 1. The first-order valence-corrected chi connectivity index (χ1v) is 7.77. The highest BCUT2D eigenvalue weighted by Gasteiger charge is 2.53. The molecule has 2 aliphatic carbocycles. The maximum Gasteiger partial charge on any atom is 0.317 e. The van der Waals surface area contributed by atoms with Gasteiger partial charge in [0.15, 0.2) is 0 Å². The molecule has 0 aromatic carbocycles. The minimum Gasteiger partial charge on any atom is -0.386 e. The molecular weight excluding hydrogens is 240 g/mol. The highest BCUT2D eigenvalue weighted by molar-refractivity contribution is 5.76. The lowest BCUT2D eigenvalue weighted by molar-refractivity contribution is -0.0924. The Balaban J connectivity index is 1.49. The second kappa shape index (κ2) is 4.65. The van der Waals surface area contributed by atoms with Crippen LogP contribution in [0.2, 0.25) is 0 Å². The van der Waals surface area contributed by atoms with Crippen LogP contribution in [0.25, 0.3) is 0 Å². The van der Waals surface area contributed by atoms with E-state index in [9.17, 15) is 9.90 Å². The van der Waals surface area contributed by atoms with Gasteiger partial charge in [0.1, 0.15) is 5.60 Å². The summed E-state index contributed by atoms with van der Waals surface area (Å²) in [5.41, 5.74) is -0.567. The first-order chi connectivity index (χ1) is 8.99. The number of carbonyl (C=O) groups excluding carboxylic acids is 1. The smallest absolute Gasteiger partial charge is 0.317 e. The van der Waals surface area contributed by atoms with Gasteiger partial charge in [0, 0.05) is 6.04 Å². The van der Waals surface area contributed by atoms with Crippen LogP contribution in [0.15, 0.2) is 0 Å². The van der Waals surface area contributed by atoms with Crippen molar-refractivity contribution < 1.29 is 9.90 Å². The van der Waals surface area contributed by atoms with Crippen LogP contribution in [0.1, 0.15) is 46.0 Å². The fourth-order valence-corrected chi connectivity index (χ4v) is 3.67. The Kier molecular flexibility index (Phi) is 3.24. The molecule has 3 rings (SSSR count). The summed E-state index contributed by atoms with van der Waals surface area (Å²) in [7, 11) is 0. The Morgan fingerprint density at radius 2 is 1.89 bits per heavy atom. The molecule has 0 spiro atoms. The van der Waals surface area contributed by atoms with Gasteiger partial charge in [0.05, 0.1) is 13.1 Å². The number of aliphatic hydroxyl groups is 1. The summed E-state index contributed by atoms with van der Waals surface area (Å²) < 4.78 is 0. The van der Waals surface area contributed by atoms with Crippen LogP contribution in [0.4, 0.5) is 4.79 Å². The van der Waals surface area contributed by atoms with E-state index >= 15 is 0 Å². The maximum atomic E-state index is 12.2. The van der Waals surface area contributed by atoms with Crippen molar-refractivity contribution in [3.05, 3.63) is 0 Å². The third-order valence-electron chi connectivity index (χ3n) is 5.57. The summed E-state index contributed by atoms with van der Waals surface area (Å²) in [6.45, 7) is 5.57. The Labute approximate surface area is 115 Å². The summed E-state index contributed by atoms with van der Waals surface area (Å²) in [4.78, 5) is 13.9. The van der Waals surface area contributed by atoms with Gasteiger partial charge in [-0.2, -0.15) is 0 Å². The van der Waals surface area contributed by atoms with Gasteiger partial charge in [0.2, 0.25) is 0 Å². The molecule has 0 bridgehead atoms. The largest absolute Gasteiger partial charge is 0.386 e. The van der Waals surface area contributed by atoms with E-state index in [1.54, 1.807) is 4.90 Å². The summed E-state index contributed by atoms with van der Waals surface area (Å²) in [6.07, 6.45) is 5.84. The molecule has 0 aromatic rings. The number of hydrogen-bond donors (Lipinski definition) is 2. The summed E-state index contributed by atoms with van der Waals surface area (Å²) >= 11 is 0. The molecule has 2 saturated carbocycles. The highest BCUT2D eigenvalue weighted by atomic mass is 16.3. The zero-order valence-electron chi connectivity index (χ0n) is 12.1. The number of amides is 2.